The first-order valence-corrected chi connectivity index (χ1v) is 8.10. The lowest BCUT2D eigenvalue weighted by molar-refractivity contribution is 0.292. The molecule has 1 saturated carbocycles. The monoisotopic (exact) mass is 285 g/mol. The van der Waals surface area contributed by atoms with E-state index in [1.54, 1.807) is 0 Å². The Bertz CT molecular complexity index is 572. The van der Waals surface area contributed by atoms with Crippen LogP contribution in [-0.2, 0) is 15.3 Å². The smallest absolute Gasteiger partial charge is 0.170 e. The Labute approximate surface area is 113 Å². The Balaban J connectivity index is 2.43. The highest BCUT2D eigenvalue weighted by Gasteiger charge is 2.41. The highest BCUT2D eigenvalue weighted by Crippen LogP contribution is 2.47. The largest absolute Gasteiger partial charge is 0.401 e. The first-order valence-electron chi connectivity index (χ1n) is 5.77. The Morgan fingerprint density at radius 1 is 1.33 bits per heavy atom. The van der Waals surface area contributed by atoms with Gasteiger partial charge in [0, 0.05) is 22.4 Å². The lowest BCUT2D eigenvalue weighted by Gasteiger charge is -2.43. The van der Waals surface area contributed by atoms with E-state index >= 15 is 0 Å². The van der Waals surface area contributed by atoms with Crippen LogP contribution in [0, 0.1) is 0 Å². The third-order valence-corrected chi connectivity index (χ3v) is 4.43. The number of sulfone groups is 1. The number of benzene rings is 1. The molecule has 0 aromatic heterocycles. The van der Waals surface area contributed by atoms with Crippen LogP contribution in [0.25, 0.3) is 0 Å². The average molecular weight is 286 g/mol. The fraction of sp³-hybridized carbons (Fsp3) is 0.385. The molecule has 1 aliphatic carbocycles. The van der Waals surface area contributed by atoms with Crippen molar-refractivity contribution in [2.75, 3.05) is 6.26 Å². The van der Waals surface area contributed by atoms with Crippen LogP contribution in [-0.4, -0.2) is 14.7 Å². The van der Waals surface area contributed by atoms with E-state index in [4.69, 9.17) is 17.3 Å². The molecule has 18 heavy (non-hydrogen) atoms. The molecule has 0 atom stereocenters. The maximum absolute atomic E-state index is 11.3. The highest BCUT2D eigenvalue weighted by molar-refractivity contribution is 7.93. The van der Waals surface area contributed by atoms with Crippen molar-refractivity contribution in [1.29, 1.82) is 0 Å². The van der Waals surface area contributed by atoms with E-state index in [0.717, 1.165) is 31.1 Å². The second-order valence-electron chi connectivity index (χ2n) is 4.85. The Hall–Kier alpha value is -1.00. The summed E-state index contributed by atoms with van der Waals surface area (Å²) in [6, 6.07) is 7.46. The van der Waals surface area contributed by atoms with E-state index < -0.39 is 9.84 Å². The Morgan fingerprint density at radius 3 is 2.28 bits per heavy atom. The van der Waals surface area contributed by atoms with Gasteiger partial charge in [0.25, 0.3) is 0 Å². The molecule has 0 saturated heterocycles. The van der Waals surface area contributed by atoms with Crippen molar-refractivity contribution in [3.05, 3.63) is 46.0 Å². The predicted molar refractivity (Wildman–Crippen MR) is 74.1 cm³/mol. The van der Waals surface area contributed by atoms with Gasteiger partial charge in [0.05, 0.1) is 5.41 Å². The standard InChI is InChI=1S/C13H16ClNO2S/c1-18(16,17)9-12(15)13(7-2-8-13)10-3-5-11(14)6-4-10/h3-6,9H,2,7-8,15H2,1H3. The van der Waals surface area contributed by atoms with E-state index in [0.29, 0.717) is 10.7 Å². The molecule has 98 valence electrons. The first-order chi connectivity index (χ1) is 8.33. The summed E-state index contributed by atoms with van der Waals surface area (Å²) in [4.78, 5) is 0. The van der Waals surface area contributed by atoms with Gasteiger partial charge in [-0.25, -0.2) is 8.42 Å². The Morgan fingerprint density at radius 2 is 1.89 bits per heavy atom. The van der Waals surface area contributed by atoms with Crippen LogP contribution >= 0.6 is 11.6 Å². The normalized spacial score (nSPS) is 19.3. The molecule has 0 radical (unpaired) electrons. The number of allylic oxidation sites excluding steroid dienone is 1. The van der Waals surface area contributed by atoms with Gasteiger partial charge in [0.15, 0.2) is 9.84 Å². The van der Waals surface area contributed by atoms with E-state index in [-0.39, 0.29) is 5.41 Å². The number of nitrogens with two attached hydrogens (primary N) is 1. The molecule has 0 unspecified atom stereocenters. The van der Waals surface area contributed by atoms with E-state index in [1.807, 2.05) is 24.3 Å². The van der Waals surface area contributed by atoms with Gasteiger partial charge in [0.2, 0.25) is 0 Å². The molecule has 1 fully saturated rings. The van der Waals surface area contributed by atoms with Gasteiger partial charge in [0.1, 0.15) is 0 Å². The van der Waals surface area contributed by atoms with Crippen LogP contribution in [0.5, 0.6) is 0 Å². The molecular formula is C13H16ClNO2S. The predicted octanol–water partition coefficient (Wildman–Crippen LogP) is 2.61. The fourth-order valence-electron chi connectivity index (χ4n) is 2.39. The van der Waals surface area contributed by atoms with Crippen molar-refractivity contribution in [2.24, 2.45) is 5.73 Å². The minimum absolute atomic E-state index is 0.326. The van der Waals surface area contributed by atoms with Crippen molar-refractivity contribution < 1.29 is 8.42 Å². The van der Waals surface area contributed by atoms with Gasteiger partial charge >= 0.3 is 0 Å². The second-order valence-corrected chi connectivity index (χ2v) is 7.18. The molecule has 2 rings (SSSR count). The minimum atomic E-state index is -3.21. The number of rotatable bonds is 3. The summed E-state index contributed by atoms with van der Waals surface area (Å²) in [6.07, 6.45) is 3.98. The van der Waals surface area contributed by atoms with Gasteiger partial charge in [-0.05, 0) is 30.5 Å². The summed E-state index contributed by atoms with van der Waals surface area (Å²) in [5.74, 6) is 0. The zero-order chi connectivity index (χ0) is 13.4. The van der Waals surface area contributed by atoms with E-state index in [2.05, 4.69) is 0 Å². The van der Waals surface area contributed by atoms with Gasteiger partial charge in [-0.15, -0.1) is 0 Å². The number of hydrogen-bond donors (Lipinski definition) is 1. The third kappa shape index (κ3) is 2.54. The summed E-state index contributed by atoms with van der Waals surface area (Å²) < 4.78 is 22.7. The average Bonchev–Trinajstić information content (AvgIpc) is 2.16. The molecule has 0 spiro atoms. The van der Waals surface area contributed by atoms with Crippen LogP contribution in [0.4, 0.5) is 0 Å². The number of halogens is 1. The van der Waals surface area contributed by atoms with Crippen molar-refractivity contribution in [3.63, 3.8) is 0 Å². The summed E-state index contributed by atoms with van der Waals surface area (Å²) >= 11 is 5.87. The van der Waals surface area contributed by atoms with E-state index in [1.165, 1.54) is 5.41 Å². The van der Waals surface area contributed by atoms with Crippen LogP contribution in [0.3, 0.4) is 0 Å². The first kappa shape index (κ1) is 13.4. The molecule has 0 bridgehead atoms. The van der Waals surface area contributed by atoms with Crippen LogP contribution in [0.1, 0.15) is 24.8 Å². The van der Waals surface area contributed by atoms with Gasteiger partial charge in [-0.3, -0.25) is 0 Å². The molecule has 0 amide bonds. The van der Waals surface area contributed by atoms with Crippen molar-refractivity contribution >= 4 is 21.4 Å². The SMILES string of the molecule is CS(=O)(=O)C=C(N)C1(c2ccc(Cl)cc2)CCC1. The topological polar surface area (TPSA) is 60.2 Å². The summed E-state index contributed by atoms with van der Waals surface area (Å²) in [6.45, 7) is 0. The van der Waals surface area contributed by atoms with Gasteiger partial charge in [-0.1, -0.05) is 30.2 Å². The van der Waals surface area contributed by atoms with Crippen molar-refractivity contribution in [2.45, 2.75) is 24.7 Å². The van der Waals surface area contributed by atoms with Crippen LogP contribution in [0.2, 0.25) is 5.02 Å². The van der Waals surface area contributed by atoms with Crippen molar-refractivity contribution in [1.82, 2.24) is 0 Å². The maximum atomic E-state index is 11.3. The summed E-state index contributed by atoms with van der Waals surface area (Å²) in [5.41, 5.74) is 7.16. The zero-order valence-electron chi connectivity index (χ0n) is 10.2. The maximum Gasteiger partial charge on any atom is 0.170 e. The lowest BCUT2D eigenvalue weighted by Crippen LogP contribution is -2.40. The molecule has 5 heteroatoms. The molecular weight excluding hydrogens is 270 g/mol. The number of hydrogen-bond acceptors (Lipinski definition) is 3. The molecule has 0 heterocycles. The molecule has 1 aromatic carbocycles. The zero-order valence-corrected chi connectivity index (χ0v) is 11.8. The molecule has 3 nitrogen and oxygen atoms in total. The van der Waals surface area contributed by atoms with Crippen LogP contribution < -0.4 is 5.73 Å². The minimum Gasteiger partial charge on any atom is -0.401 e. The molecule has 0 aliphatic heterocycles. The summed E-state index contributed by atoms with van der Waals surface area (Å²) in [7, 11) is -3.21. The Kier molecular flexibility index (Phi) is 3.43. The molecule has 2 N–H and O–H groups in total. The van der Waals surface area contributed by atoms with Gasteiger partial charge in [-0.2, -0.15) is 0 Å². The van der Waals surface area contributed by atoms with Gasteiger partial charge < -0.3 is 5.73 Å². The third-order valence-electron chi connectivity index (χ3n) is 3.50. The molecule has 1 aliphatic rings. The second kappa shape index (κ2) is 4.59. The van der Waals surface area contributed by atoms with Crippen molar-refractivity contribution in [3.8, 4) is 0 Å². The summed E-state index contributed by atoms with van der Waals surface area (Å²) in [5, 5.41) is 1.85. The quantitative estimate of drug-likeness (QED) is 0.929. The molecule has 1 aromatic rings. The lowest BCUT2D eigenvalue weighted by atomic mass is 9.63. The van der Waals surface area contributed by atoms with E-state index in [9.17, 15) is 8.42 Å². The highest BCUT2D eigenvalue weighted by atomic mass is 35.5. The van der Waals surface area contributed by atoms with Crippen LogP contribution in [0.15, 0.2) is 35.4 Å². The fourth-order valence-corrected chi connectivity index (χ4v) is 3.20.